The second kappa shape index (κ2) is 4.79. The number of anilines is 2. The number of pyridine rings is 1. The van der Waals surface area contributed by atoms with Gasteiger partial charge in [-0.15, -0.1) is 0 Å². The Labute approximate surface area is 101 Å². The summed E-state index contributed by atoms with van der Waals surface area (Å²) < 4.78 is 26.5. The molecule has 0 saturated heterocycles. The zero-order chi connectivity index (χ0) is 13.1. The first-order valence-corrected chi connectivity index (χ1v) is 4.97. The minimum atomic E-state index is -1.28. The SMILES string of the molecule is O=C(O)c1cccc(F)c1Nc1cncc(F)c1. The first kappa shape index (κ1) is 12.0. The molecule has 0 amide bonds. The van der Waals surface area contributed by atoms with E-state index in [0.717, 1.165) is 18.3 Å². The molecular formula is C12H8F2N2O2. The first-order valence-electron chi connectivity index (χ1n) is 4.97. The third kappa shape index (κ3) is 2.42. The van der Waals surface area contributed by atoms with Gasteiger partial charge in [-0.1, -0.05) is 6.07 Å². The van der Waals surface area contributed by atoms with Crippen LogP contribution in [0.1, 0.15) is 10.4 Å². The summed E-state index contributed by atoms with van der Waals surface area (Å²) in [5.74, 6) is -2.62. The number of hydrogen-bond acceptors (Lipinski definition) is 3. The highest BCUT2D eigenvalue weighted by molar-refractivity contribution is 5.95. The van der Waals surface area contributed by atoms with Crippen molar-refractivity contribution in [3.05, 3.63) is 53.9 Å². The zero-order valence-electron chi connectivity index (χ0n) is 9.02. The fourth-order valence-corrected chi connectivity index (χ4v) is 1.45. The monoisotopic (exact) mass is 250 g/mol. The molecule has 4 nitrogen and oxygen atoms in total. The molecule has 0 aliphatic carbocycles. The fourth-order valence-electron chi connectivity index (χ4n) is 1.45. The molecule has 0 bridgehead atoms. The number of hydrogen-bond donors (Lipinski definition) is 2. The molecule has 0 aliphatic heterocycles. The lowest BCUT2D eigenvalue weighted by Gasteiger charge is -2.10. The van der Waals surface area contributed by atoms with Crippen LogP contribution in [-0.2, 0) is 0 Å². The van der Waals surface area contributed by atoms with E-state index in [9.17, 15) is 13.6 Å². The van der Waals surface area contributed by atoms with Crippen molar-refractivity contribution < 1.29 is 18.7 Å². The molecule has 0 unspecified atom stereocenters. The lowest BCUT2D eigenvalue weighted by molar-refractivity contribution is 0.0697. The van der Waals surface area contributed by atoms with Crippen LogP contribution in [0.4, 0.5) is 20.2 Å². The quantitative estimate of drug-likeness (QED) is 0.879. The van der Waals surface area contributed by atoms with E-state index in [2.05, 4.69) is 10.3 Å². The standard InChI is InChI=1S/C12H8F2N2O2/c13-7-4-8(6-15-5-7)16-11-9(12(17)18)2-1-3-10(11)14/h1-6,16H,(H,17,18). The second-order valence-corrected chi connectivity index (χ2v) is 3.48. The number of para-hydroxylation sites is 1. The summed E-state index contributed by atoms with van der Waals surface area (Å²) in [5.41, 5.74) is -0.292. The number of carbonyl (C=O) groups is 1. The molecular weight excluding hydrogens is 242 g/mol. The third-order valence-electron chi connectivity index (χ3n) is 2.22. The predicted molar refractivity (Wildman–Crippen MR) is 60.8 cm³/mol. The van der Waals surface area contributed by atoms with E-state index < -0.39 is 17.6 Å². The second-order valence-electron chi connectivity index (χ2n) is 3.48. The molecule has 0 saturated carbocycles. The first-order chi connectivity index (χ1) is 8.58. The number of rotatable bonds is 3. The van der Waals surface area contributed by atoms with Gasteiger partial charge in [0.25, 0.3) is 0 Å². The minimum absolute atomic E-state index is 0.169. The molecule has 1 aromatic carbocycles. The molecule has 18 heavy (non-hydrogen) atoms. The summed E-state index contributed by atoms with van der Waals surface area (Å²) in [6.45, 7) is 0. The van der Waals surface area contributed by atoms with Gasteiger partial charge in [0.15, 0.2) is 0 Å². The Hall–Kier alpha value is -2.50. The number of nitrogens with zero attached hydrogens (tertiary/aromatic N) is 1. The topological polar surface area (TPSA) is 62.2 Å². The number of halogens is 2. The molecule has 2 N–H and O–H groups in total. The van der Waals surface area contributed by atoms with Crippen LogP contribution in [0.2, 0.25) is 0 Å². The summed E-state index contributed by atoms with van der Waals surface area (Å²) in [4.78, 5) is 14.5. The van der Waals surface area contributed by atoms with Crippen LogP contribution in [-0.4, -0.2) is 16.1 Å². The summed E-state index contributed by atoms with van der Waals surface area (Å²) in [7, 11) is 0. The Morgan fingerprint density at radius 2 is 2.06 bits per heavy atom. The van der Waals surface area contributed by atoms with Crippen LogP contribution in [0.25, 0.3) is 0 Å². The van der Waals surface area contributed by atoms with E-state index in [-0.39, 0.29) is 16.9 Å². The average Bonchev–Trinajstić information content (AvgIpc) is 2.31. The Morgan fingerprint density at radius 1 is 1.28 bits per heavy atom. The maximum absolute atomic E-state index is 13.6. The number of aromatic nitrogens is 1. The molecule has 0 radical (unpaired) electrons. The molecule has 6 heteroatoms. The van der Waals surface area contributed by atoms with Gasteiger partial charge in [0.05, 0.1) is 29.3 Å². The van der Waals surface area contributed by atoms with Crippen molar-refractivity contribution in [2.45, 2.75) is 0 Å². The van der Waals surface area contributed by atoms with E-state index in [1.807, 2.05) is 0 Å². The van der Waals surface area contributed by atoms with Crippen molar-refractivity contribution in [3.63, 3.8) is 0 Å². The summed E-state index contributed by atoms with van der Waals surface area (Å²) in [6.07, 6.45) is 2.26. The van der Waals surface area contributed by atoms with Gasteiger partial charge in [0.1, 0.15) is 11.6 Å². The van der Waals surface area contributed by atoms with Gasteiger partial charge in [-0.2, -0.15) is 0 Å². The number of aromatic carboxylic acids is 1. The van der Waals surface area contributed by atoms with Crippen LogP contribution in [0.3, 0.4) is 0 Å². The van der Waals surface area contributed by atoms with Crippen LogP contribution >= 0.6 is 0 Å². The largest absolute Gasteiger partial charge is 0.478 e. The van der Waals surface area contributed by atoms with Gasteiger partial charge >= 0.3 is 5.97 Å². The average molecular weight is 250 g/mol. The van der Waals surface area contributed by atoms with Gasteiger partial charge in [-0.05, 0) is 12.1 Å². The fraction of sp³-hybridized carbons (Fsp3) is 0. The van der Waals surface area contributed by atoms with Gasteiger partial charge in [-0.25, -0.2) is 13.6 Å². The van der Waals surface area contributed by atoms with Gasteiger partial charge in [0, 0.05) is 6.07 Å². The molecule has 92 valence electrons. The smallest absolute Gasteiger partial charge is 0.337 e. The van der Waals surface area contributed by atoms with Gasteiger partial charge in [0.2, 0.25) is 0 Å². The Bertz CT molecular complexity index is 602. The number of carboxylic acid groups (broad SMARTS) is 1. The molecule has 1 aromatic heterocycles. The van der Waals surface area contributed by atoms with Gasteiger partial charge < -0.3 is 10.4 Å². The van der Waals surface area contributed by atoms with E-state index in [1.165, 1.54) is 18.3 Å². The minimum Gasteiger partial charge on any atom is -0.478 e. The number of carboxylic acids is 1. The Morgan fingerprint density at radius 3 is 2.72 bits per heavy atom. The van der Waals surface area contributed by atoms with Crippen molar-refractivity contribution in [2.24, 2.45) is 0 Å². The third-order valence-corrected chi connectivity index (χ3v) is 2.22. The van der Waals surface area contributed by atoms with Crippen molar-refractivity contribution in [1.29, 1.82) is 0 Å². The lowest BCUT2D eigenvalue weighted by atomic mass is 10.1. The van der Waals surface area contributed by atoms with Crippen molar-refractivity contribution >= 4 is 17.3 Å². The summed E-state index contributed by atoms with van der Waals surface area (Å²) in [6, 6.07) is 4.74. The van der Waals surface area contributed by atoms with E-state index in [1.54, 1.807) is 0 Å². The number of nitrogens with one attached hydrogen (secondary N) is 1. The molecule has 2 rings (SSSR count). The van der Waals surface area contributed by atoms with Crippen molar-refractivity contribution in [3.8, 4) is 0 Å². The maximum Gasteiger partial charge on any atom is 0.337 e. The predicted octanol–water partition coefficient (Wildman–Crippen LogP) is 2.80. The Balaban J connectivity index is 2.42. The summed E-state index contributed by atoms with van der Waals surface area (Å²) in [5, 5.41) is 11.4. The maximum atomic E-state index is 13.6. The molecule has 0 aliphatic rings. The van der Waals surface area contributed by atoms with Crippen LogP contribution < -0.4 is 5.32 Å². The highest BCUT2D eigenvalue weighted by atomic mass is 19.1. The molecule has 2 aromatic rings. The summed E-state index contributed by atoms with van der Waals surface area (Å²) >= 11 is 0. The molecule has 0 spiro atoms. The molecule has 0 atom stereocenters. The van der Waals surface area contributed by atoms with Crippen molar-refractivity contribution in [1.82, 2.24) is 4.98 Å². The van der Waals surface area contributed by atoms with Crippen LogP contribution in [0, 0.1) is 11.6 Å². The highest BCUT2D eigenvalue weighted by Crippen LogP contribution is 2.24. The van der Waals surface area contributed by atoms with Crippen molar-refractivity contribution in [2.75, 3.05) is 5.32 Å². The highest BCUT2D eigenvalue weighted by Gasteiger charge is 2.14. The Kier molecular flexibility index (Phi) is 3.18. The normalized spacial score (nSPS) is 10.1. The zero-order valence-corrected chi connectivity index (χ0v) is 9.02. The molecule has 0 fully saturated rings. The van der Waals surface area contributed by atoms with Crippen LogP contribution in [0.15, 0.2) is 36.7 Å². The molecule has 1 heterocycles. The van der Waals surface area contributed by atoms with E-state index in [4.69, 9.17) is 5.11 Å². The van der Waals surface area contributed by atoms with Crippen LogP contribution in [0.5, 0.6) is 0 Å². The van der Waals surface area contributed by atoms with Gasteiger partial charge in [-0.3, -0.25) is 4.98 Å². The van der Waals surface area contributed by atoms with E-state index in [0.29, 0.717) is 0 Å². The van der Waals surface area contributed by atoms with E-state index >= 15 is 0 Å². The lowest BCUT2D eigenvalue weighted by Crippen LogP contribution is -2.05. The number of benzene rings is 1.